The minimum atomic E-state index is -0.00307. The van der Waals surface area contributed by atoms with E-state index in [9.17, 15) is 0 Å². The molecule has 1 fully saturated rings. The van der Waals surface area contributed by atoms with Gasteiger partial charge in [-0.2, -0.15) is 5.10 Å². The predicted octanol–water partition coefficient (Wildman–Crippen LogP) is 0.669. The van der Waals surface area contributed by atoms with Crippen molar-refractivity contribution in [2.75, 3.05) is 32.1 Å². The van der Waals surface area contributed by atoms with E-state index >= 15 is 0 Å². The fourth-order valence-corrected chi connectivity index (χ4v) is 2.25. The fourth-order valence-electron chi connectivity index (χ4n) is 2.25. The van der Waals surface area contributed by atoms with Crippen LogP contribution in [0, 0.1) is 13.8 Å². The van der Waals surface area contributed by atoms with Crippen molar-refractivity contribution in [1.29, 1.82) is 0 Å². The molecule has 0 aromatic carbocycles. The summed E-state index contributed by atoms with van der Waals surface area (Å²) in [6.45, 7) is 6.33. The van der Waals surface area contributed by atoms with Gasteiger partial charge in [-0.1, -0.05) is 0 Å². The highest BCUT2D eigenvalue weighted by Crippen LogP contribution is 2.20. The van der Waals surface area contributed by atoms with Crippen LogP contribution in [-0.4, -0.2) is 47.5 Å². The maximum atomic E-state index is 5.30. The lowest BCUT2D eigenvalue weighted by molar-refractivity contribution is 0.127. The zero-order valence-corrected chi connectivity index (χ0v) is 11.3. The first-order valence-electron chi connectivity index (χ1n) is 6.31. The molecule has 1 saturated heterocycles. The summed E-state index contributed by atoms with van der Waals surface area (Å²) in [5.41, 5.74) is 1.77. The molecule has 0 bridgehead atoms. The molecule has 0 radical (unpaired) electrons. The molecule has 1 unspecified atom stereocenters. The van der Waals surface area contributed by atoms with Gasteiger partial charge in [0.05, 0.1) is 23.5 Å². The van der Waals surface area contributed by atoms with Gasteiger partial charge in [-0.05, 0) is 33.2 Å². The summed E-state index contributed by atoms with van der Waals surface area (Å²) in [4.78, 5) is 4.37. The topological polar surface area (TPSA) is 72.0 Å². The molecule has 0 saturated carbocycles. The normalized spacial score (nSPS) is 23.3. The Balaban J connectivity index is 1.98. The third kappa shape index (κ3) is 2.94. The summed E-state index contributed by atoms with van der Waals surface area (Å²) in [5, 5.41) is 14.9. The zero-order chi connectivity index (χ0) is 13.0. The van der Waals surface area contributed by atoms with Gasteiger partial charge in [0.2, 0.25) is 5.95 Å². The van der Waals surface area contributed by atoms with Crippen LogP contribution < -0.4 is 10.6 Å². The molecule has 2 rings (SSSR count). The Hall–Kier alpha value is -1.27. The van der Waals surface area contributed by atoms with Crippen LogP contribution >= 0.6 is 0 Å². The van der Waals surface area contributed by atoms with E-state index in [1.807, 2.05) is 13.8 Å². The summed E-state index contributed by atoms with van der Waals surface area (Å²) in [7, 11) is 1.73. The third-order valence-corrected chi connectivity index (χ3v) is 3.43. The van der Waals surface area contributed by atoms with E-state index in [4.69, 9.17) is 4.74 Å². The maximum absolute atomic E-state index is 5.30. The highest BCUT2D eigenvalue weighted by molar-refractivity contribution is 5.26. The van der Waals surface area contributed by atoms with Crippen LogP contribution in [0.25, 0.3) is 0 Å². The second-order valence-corrected chi connectivity index (χ2v) is 4.90. The largest absolute Gasteiger partial charge is 0.383 e. The Bertz CT molecular complexity index is 403. The summed E-state index contributed by atoms with van der Waals surface area (Å²) < 4.78 is 5.30. The van der Waals surface area contributed by atoms with Crippen molar-refractivity contribution in [1.82, 2.24) is 20.5 Å². The molecule has 6 nitrogen and oxygen atoms in total. The molecule has 1 aromatic rings. The van der Waals surface area contributed by atoms with Crippen LogP contribution in [0.4, 0.5) is 5.95 Å². The third-order valence-electron chi connectivity index (χ3n) is 3.43. The van der Waals surface area contributed by atoms with Gasteiger partial charge >= 0.3 is 0 Å². The van der Waals surface area contributed by atoms with Crippen LogP contribution in [0.1, 0.15) is 24.2 Å². The van der Waals surface area contributed by atoms with E-state index in [1.165, 1.54) is 6.42 Å². The molecular formula is C12H21N5O. The second-order valence-electron chi connectivity index (χ2n) is 4.90. The van der Waals surface area contributed by atoms with E-state index in [-0.39, 0.29) is 5.54 Å². The number of rotatable bonds is 5. The van der Waals surface area contributed by atoms with Crippen molar-refractivity contribution in [2.24, 2.45) is 0 Å². The van der Waals surface area contributed by atoms with E-state index < -0.39 is 0 Å². The minimum absolute atomic E-state index is 0.00307. The average molecular weight is 251 g/mol. The van der Waals surface area contributed by atoms with Crippen molar-refractivity contribution in [3.05, 3.63) is 11.4 Å². The Morgan fingerprint density at radius 3 is 2.78 bits per heavy atom. The van der Waals surface area contributed by atoms with Crippen molar-refractivity contribution in [2.45, 2.75) is 32.2 Å². The first-order chi connectivity index (χ1) is 8.65. The van der Waals surface area contributed by atoms with E-state index in [0.717, 1.165) is 30.9 Å². The molecule has 1 atom stereocenters. The van der Waals surface area contributed by atoms with Gasteiger partial charge in [0, 0.05) is 13.7 Å². The van der Waals surface area contributed by atoms with E-state index in [1.54, 1.807) is 7.11 Å². The Morgan fingerprint density at radius 1 is 1.33 bits per heavy atom. The van der Waals surface area contributed by atoms with Crippen LogP contribution in [0.15, 0.2) is 0 Å². The second kappa shape index (κ2) is 5.58. The molecular weight excluding hydrogens is 230 g/mol. The van der Waals surface area contributed by atoms with Crippen LogP contribution in [0.3, 0.4) is 0 Å². The Labute approximate surface area is 108 Å². The van der Waals surface area contributed by atoms with Crippen molar-refractivity contribution >= 4 is 5.95 Å². The molecule has 100 valence electrons. The zero-order valence-electron chi connectivity index (χ0n) is 11.3. The van der Waals surface area contributed by atoms with E-state index in [0.29, 0.717) is 12.6 Å². The smallest absolute Gasteiger partial charge is 0.243 e. The number of aryl methyl sites for hydroxylation is 2. The molecule has 0 spiro atoms. The monoisotopic (exact) mass is 251 g/mol. The maximum Gasteiger partial charge on any atom is 0.243 e. The summed E-state index contributed by atoms with van der Waals surface area (Å²) in [5.74, 6) is 0.585. The number of aromatic nitrogens is 3. The van der Waals surface area contributed by atoms with Gasteiger partial charge in [-0.15, -0.1) is 5.10 Å². The highest BCUT2D eigenvalue weighted by atomic mass is 16.5. The van der Waals surface area contributed by atoms with Gasteiger partial charge in [0.15, 0.2) is 0 Å². The number of nitrogens with one attached hydrogen (secondary N) is 2. The van der Waals surface area contributed by atoms with E-state index in [2.05, 4.69) is 25.8 Å². The lowest BCUT2D eigenvalue weighted by atomic mass is 9.99. The van der Waals surface area contributed by atoms with Gasteiger partial charge in [-0.25, -0.2) is 4.98 Å². The van der Waals surface area contributed by atoms with Crippen molar-refractivity contribution < 1.29 is 4.74 Å². The molecule has 1 aliphatic heterocycles. The lowest BCUT2D eigenvalue weighted by Gasteiger charge is -2.28. The quantitative estimate of drug-likeness (QED) is 0.801. The lowest BCUT2D eigenvalue weighted by Crippen LogP contribution is -2.49. The highest BCUT2D eigenvalue weighted by Gasteiger charge is 2.33. The molecule has 1 aromatic heterocycles. The molecule has 2 heterocycles. The van der Waals surface area contributed by atoms with Crippen molar-refractivity contribution in [3.8, 4) is 0 Å². The minimum Gasteiger partial charge on any atom is -0.383 e. The number of anilines is 1. The summed E-state index contributed by atoms with van der Waals surface area (Å²) in [6.07, 6.45) is 2.28. The molecule has 6 heteroatoms. The standard InChI is InChI=1S/C12H21N5O/c1-9-10(2)16-17-11(15-9)13-7-12(8-18-3)5-4-6-14-12/h14H,4-8H2,1-3H3,(H,13,15,17). The molecule has 2 N–H and O–H groups in total. The number of hydrogen-bond acceptors (Lipinski definition) is 6. The summed E-state index contributed by atoms with van der Waals surface area (Å²) in [6, 6.07) is 0. The first-order valence-corrected chi connectivity index (χ1v) is 6.31. The summed E-state index contributed by atoms with van der Waals surface area (Å²) >= 11 is 0. The Kier molecular flexibility index (Phi) is 4.08. The molecule has 18 heavy (non-hydrogen) atoms. The van der Waals surface area contributed by atoms with Crippen LogP contribution in [0.2, 0.25) is 0 Å². The number of hydrogen-bond donors (Lipinski definition) is 2. The van der Waals surface area contributed by atoms with Crippen molar-refractivity contribution in [3.63, 3.8) is 0 Å². The predicted molar refractivity (Wildman–Crippen MR) is 69.6 cm³/mol. The first kappa shape index (κ1) is 13.2. The number of nitrogens with zero attached hydrogens (tertiary/aromatic N) is 3. The molecule has 0 aliphatic carbocycles. The molecule has 1 aliphatic rings. The fraction of sp³-hybridized carbons (Fsp3) is 0.750. The van der Waals surface area contributed by atoms with Crippen LogP contribution in [-0.2, 0) is 4.74 Å². The van der Waals surface area contributed by atoms with Gasteiger partial charge in [0.1, 0.15) is 0 Å². The molecule has 0 amide bonds. The van der Waals surface area contributed by atoms with Crippen LogP contribution in [0.5, 0.6) is 0 Å². The number of ether oxygens (including phenoxy) is 1. The van der Waals surface area contributed by atoms with Gasteiger partial charge in [-0.3, -0.25) is 0 Å². The van der Waals surface area contributed by atoms with Gasteiger partial charge in [0.25, 0.3) is 0 Å². The Morgan fingerprint density at radius 2 is 2.17 bits per heavy atom. The number of methoxy groups -OCH3 is 1. The SMILES string of the molecule is COCC1(CNc2nnc(C)c(C)n2)CCCN1. The van der Waals surface area contributed by atoms with Gasteiger partial charge < -0.3 is 15.4 Å². The average Bonchev–Trinajstić information content (AvgIpc) is 2.80.